The SMILES string of the molecule is CCCC(N)CNS(=O)(=O)c1ccccc1. The third-order valence-corrected chi connectivity index (χ3v) is 3.69. The predicted molar refractivity (Wildman–Crippen MR) is 64.5 cm³/mol. The average Bonchev–Trinajstić information content (AvgIpc) is 2.28. The van der Waals surface area contributed by atoms with E-state index in [2.05, 4.69) is 4.72 Å². The highest BCUT2D eigenvalue weighted by molar-refractivity contribution is 7.89. The molecule has 90 valence electrons. The number of benzene rings is 1. The van der Waals surface area contributed by atoms with Crippen molar-refractivity contribution in [2.45, 2.75) is 30.7 Å². The minimum atomic E-state index is -3.40. The quantitative estimate of drug-likeness (QED) is 0.784. The molecule has 0 aliphatic heterocycles. The van der Waals surface area contributed by atoms with Gasteiger partial charge < -0.3 is 5.73 Å². The average molecular weight is 242 g/mol. The fourth-order valence-corrected chi connectivity index (χ4v) is 2.49. The summed E-state index contributed by atoms with van der Waals surface area (Å²) < 4.78 is 26.1. The second kappa shape index (κ2) is 5.98. The summed E-state index contributed by atoms with van der Waals surface area (Å²) in [6.07, 6.45) is 1.77. The molecule has 16 heavy (non-hydrogen) atoms. The first-order valence-electron chi connectivity index (χ1n) is 5.36. The summed E-state index contributed by atoms with van der Waals surface area (Å²) in [5, 5.41) is 0. The first kappa shape index (κ1) is 13.2. The van der Waals surface area contributed by atoms with E-state index in [4.69, 9.17) is 5.73 Å². The van der Waals surface area contributed by atoms with E-state index in [0.29, 0.717) is 0 Å². The Balaban J connectivity index is 2.60. The van der Waals surface area contributed by atoms with Gasteiger partial charge in [-0.2, -0.15) is 0 Å². The maximum Gasteiger partial charge on any atom is 0.240 e. The Labute approximate surface area is 96.9 Å². The zero-order valence-corrected chi connectivity index (χ0v) is 10.2. The summed E-state index contributed by atoms with van der Waals surface area (Å²) in [6.45, 7) is 2.30. The molecule has 0 aromatic heterocycles. The van der Waals surface area contributed by atoms with Gasteiger partial charge in [0.05, 0.1) is 4.90 Å². The van der Waals surface area contributed by atoms with Crippen molar-refractivity contribution in [1.82, 2.24) is 4.72 Å². The lowest BCUT2D eigenvalue weighted by Gasteiger charge is -2.11. The van der Waals surface area contributed by atoms with Crippen LogP contribution in [-0.4, -0.2) is 21.0 Å². The molecular formula is C11H18N2O2S. The molecule has 0 fully saturated rings. The van der Waals surface area contributed by atoms with Gasteiger partial charge in [-0.15, -0.1) is 0 Å². The van der Waals surface area contributed by atoms with Crippen molar-refractivity contribution in [3.63, 3.8) is 0 Å². The number of nitrogens with two attached hydrogens (primary N) is 1. The minimum Gasteiger partial charge on any atom is -0.327 e. The zero-order chi connectivity index (χ0) is 12.0. The van der Waals surface area contributed by atoms with E-state index < -0.39 is 10.0 Å². The monoisotopic (exact) mass is 242 g/mol. The van der Waals surface area contributed by atoms with Crippen LogP contribution >= 0.6 is 0 Å². The molecule has 0 amide bonds. The van der Waals surface area contributed by atoms with Crippen LogP contribution in [0, 0.1) is 0 Å². The Morgan fingerprint density at radius 3 is 2.50 bits per heavy atom. The van der Waals surface area contributed by atoms with Gasteiger partial charge in [0.15, 0.2) is 0 Å². The molecule has 0 aliphatic rings. The Kier molecular flexibility index (Phi) is 4.92. The second-order valence-electron chi connectivity index (χ2n) is 3.71. The van der Waals surface area contributed by atoms with Gasteiger partial charge >= 0.3 is 0 Å². The summed E-state index contributed by atoms with van der Waals surface area (Å²) in [6, 6.07) is 8.17. The van der Waals surface area contributed by atoms with Crippen LogP contribution in [0.15, 0.2) is 35.2 Å². The van der Waals surface area contributed by atoms with E-state index in [1.54, 1.807) is 30.3 Å². The normalized spacial score (nSPS) is 13.6. The van der Waals surface area contributed by atoms with Gasteiger partial charge in [-0.3, -0.25) is 0 Å². The largest absolute Gasteiger partial charge is 0.327 e. The Morgan fingerprint density at radius 1 is 1.31 bits per heavy atom. The predicted octanol–water partition coefficient (Wildman–Crippen LogP) is 1.09. The zero-order valence-electron chi connectivity index (χ0n) is 9.39. The highest BCUT2D eigenvalue weighted by Crippen LogP contribution is 2.06. The minimum absolute atomic E-state index is 0.122. The molecule has 1 rings (SSSR count). The fourth-order valence-electron chi connectivity index (χ4n) is 1.37. The van der Waals surface area contributed by atoms with E-state index in [1.807, 2.05) is 6.92 Å². The molecule has 1 atom stereocenters. The molecule has 3 N–H and O–H groups in total. The van der Waals surface area contributed by atoms with Crippen molar-refractivity contribution >= 4 is 10.0 Å². The van der Waals surface area contributed by atoms with Crippen molar-refractivity contribution in [2.75, 3.05) is 6.54 Å². The van der Waals surface area contributed by atoms with Crippen LogP contribution in [0.4, 0.5) is 0 Å². The summed E-state index contributed by atoms with van der Waals surface area (Å²) in [5.41, 5.74) is 5.74. The standard InChI is InChI=1S/C11H18N2O2S/c1-2-6-10(12)9-13-16(14,15)11-7-4-3-5-8-11/h3-5,7-8,10,13H,2,6,9,12H2,1H3. The van der Waals surface area contributed by atoms with Gasteiger partial charge in [-0.1, -0.05) is 31.5 Å². The highest BCUT2D eigenvalue weighted by atomic mass is 32.2. The highest BCUT2D eigenvalue weighted by Gasteiger charge is 2.13. The van der Waals surface area contributed by atoms with E-state index in [-0.39, 0.29) is 17.5 Å². The molecule has 0 saturated heterocycles. The van der Waals surface area contributed by atoms with E-state index in [9.17, 15) is 8.42 Å². The number of sulfonamides is 1. The Bertz CT molecular complexity index is 403. The van der Waals surface area contributed by atoms with Gasteiger partial charge in [0, 0.05) is 12.6 Å². The van der Waals surface area contributed by atoms with E-state index in [0.717, 1.165) is 12.8 Å². The van der Waals surface area contributed by atoms with E-state index >= 15 is 0 Å². The molecule has 1 aromatic rings. The van der Waals surface area contributed by atoms with Gasteiger partial charge in [0.25, 0.3) is 0 Å². The summed E-state index contributed by atoms with van der Waals surface area (Å²) in [5.74, 6) is 0. The van der Waals surface area contributed by atoms with Crippen LogP contribution in [0.3, 0.4) is 0 Å². The molecule has 5 heteroatoms. The third-order valence-electron chi connectivity index (χ3n) is 2.25. The number of rotatable bonds is 6. The van der Waals surface area contributed by atoms with Crippen molar-refractivity contribution in [3.8, 4) is 0 Å². The van der Waals surface area contributed by atoms with Crippen LogP contribution in [0.5, 0.6) is 0 Å². The second-order valence-corrected chi connectivity index (χ2v) is 5.48. The van der Waals surface area contributed by atoms with Gasteiger partial charge in [0.2, 0.25) is 10.0 Å². The van der Waals surface area contributed by atoms with Crippen molar-refractivity contribution in [2.24, 2.45) is 5.73 Å². The summed E-state index contributed by atoms with van der Waals surface area (Å²) >= 11 is 0. The van der Waals surface area contributed by atoms with Crippen LogP contribution in [0.2, 0.25) is 0 Å². The lowest BCUT2D eigenvalue weighted by Crippen LogP contribution is -2.37. The fraction of sp³-hybridized carbons (Fsp3) is 0.455. The van der Waals surface area contributed by atoms with E-state index in [1.165, 1.54) is 0 Å². The Hall–Kier alpha value is -0.910. The van der Waals surface area contributed by atoms with Gasteiger partial charge in [0.1, 0.15) is 0 Å². The van der Waals surface area contributed by atoms with Crippen LogP contribution < -0.4 is 10.5 Å². The first-order chi connectivity index (χ1) is 7.56. The summed E-state index contributed by atoms with van der Waals surface area (Å²) in [4.78, 5) is 0.277. The van der Waals surface area contributed by atoms with Crippen molar-refractivity contribution in [3.05, 3.63) is 30.3 Å². The third kappa shape index (κ3) is 3.92. The number of nitrogens with one attached hydrogen (secondary N) is 1. The topological polar surface area (TPSA) is 72.2 Å². The molecule has 0 aliphatic carbocycles. The van der Waals surface area contributed by atoms with Crippen LogP contribution in [0.25, 0.3) is 0 Å². The maximum absolute atomic E-state index is 11.8. The summed E-state index contributed by atoms with van der Waals surface area (Å²) in [7, 11) is -3.40. The molecule has 1 aromatic carbocycles. The van der Waals surface area contributed by atoms with Gasteiger partial charge in [-0.05, 0) is 18.6 Å². The molecule has 1 unspecified atom stereocenters. The van der Waals surface area contributed by atoms with Crippen LogP contribution in [-0.2, 0) is 10.0 Å². The molecule has 0 heterocycles. The molecule has 0 spiro atoms. The molecule has 4 nitrogen and oxygen atoms in total. The lowest BCUT2D eigenvalue weighted by atomic mass is 10.2. The molecule has 0 saturated carbocycles. The number of hydrogen-bond acceptors (Lipinski definition) is 3. The van der Waals surface area contributed by atoms with Crippen molar-refractivity contribution < 1.29 is 8.42 Å². The molecule has 0 bridgehead atoms. The van der Waals surface area contributed by atoms with Gasteiger partial charge in [-0.25, -0.2) is 13.1 Å². The molecular weight excluding hydrogens is 224 g/mol. The number of hydrogen-bond donors (Lipinski definition) is 2. The smallest absolute Gasteiger partial charge is 0.240 e. The lowest BCUT2D eigenvalue weighted by molar-refractivity contribution is 0.553. The first-order valence-corrected chi connectivity index (χ1v) is 6.85. The maximum atomic E-state index is 11.8. The Morgan fingerprint density at radius 2 is 1.94 bits per heavy atom. The van der Waals surface area contributed by atoms with Crippen molar-refractivity contribution in [1.29, 1.82) is 0 Å². The van der Waals surface area contributed by atoms with Crippen LogP contribution in [0.1, 0.15) is 19.8 Å². The molecule has 0 radical (unpaired) electrons.